The minimum absolute atomic E-state index is 0.205. The molecule has 2 aliphatic rings. The van der Waals surface area contributed by atoms with Crippen LogP contribution in [0, 0.1) is 5.92 Å². The molecule has 2 aliphatic carbocycles. The summed E-state index contributed by atoms with van der Waals surface area (Å²) in [4.78, 5) is 0. The van der Waals surface area contributed by atoms with Crippen LogP contribution in [-0.4, -0.2) is 17.7 Å². The molecular formula is C12H22O3S. The minimum Gasteiger partial charge on any atom is -0.285 e. The maximum Gasteiger partial charge on any atom is 0.270 e. The second kappa shape index (κ2) is 4.65. The van der Waals surface area contributed by atoms with Crippen molar-refractivity contribution < 1.29 is 13.0 Å². The van der Waals surface area contributed by atoms with Gasteiger partial charge in [0.1, 0.15) is 4.75 Å². The van der Waals surface area contributed by atoms with Crippen LogP contribution in [0.25, 0.3) is 0 Å². The Morgan fingerprint density at radius 2 is 1.38 bits per heavy atom. The van der Waals surface area contributed by atoms with Crippen LogP contribution >= 0.6 is 0 Å². The highest BCUT2D eigenvalue weighted by molar-refractivity contribution is 7.87. The Morgan fingerprint density at radius 3 is 1.88 bits per heavy atom. The van der Waals surface area contributed by atoms with Gasteiger partial charge in [-0.15, -0.1) is 0 Å². The second-order valence-corrected chi connectivity index (χ2v) is 7.20. The van der Waals surface area contributed by atoms with Gasteiger partial charge in [0, 0.05) is 0 Å². The number of hydrogen-bond donors (Lipinski definition) is 1. The van der Waals surface area contributed by atoms with Gasteiger partial charge in [-0.2, -0.15) is 8.42 Å². The molecule has 2 fully saturated rings. The van der Waals surface area contributed by atoms with Crippen LogP contribution in [0.5, 0.6) is 0 Å². The summed E-state index contributed by atoms with van der Waals surface area (Å²) in [5, 5.41) is 0. The molecule has 0 aromatic rings. The standard InChI is InChI=1S/C12H22O3S/c13-16(14,15)12(9-5-2-6-10-12)11-7-3-1-4-8-11/h11H,1-10H2,(H,13,14,15). The van der Waals surface area contributed by atoms with Crippen LogP contribution in [0.2, 0.25) is 0 Å². The molecule has 2 saturated carbocycles. The van der Waals surface area contributed by atoms with Gasteiger partial charge in [0.2, 0.25) is 0 Å². The lowest BCUT2D eigenvalue weighted by atomic mass is 9.72. The van der Waals surface area contributed by atoms with Crippen LogP contribution in [0.15, 0.2) is 0 Å². The van der Waals surface area contributed by atoms with Gasteiger partial charge < -0.3 is 0 Å². The normalized spacial score (nSPS) is 27.8. The van der Waals surface area contributed by atoms with Gasteiger partial charge in [0.15, 0.2) is 0 Å². The van der Waals surface area contributed by atoms with Crippen LogP contribution in [0.4, 0.5) is 0 Å². The Hall–Kier alpha value is -0.0900. The van der Waals surface area contributed by atoms with Crippen molar-refractivity contribution in [2.45, 2.75) is 69.0 Å². The van der Waals surface area contributed by atoms with Crippen LogP contribution in [-0.2, 0) is 10.1 Å². The first-order valence-electron chi connectivity index (χ1n) is 6.53. The van der Waals surface area contributed by atoms with Crippen molar-refractivity contribution in [1.82, 2.24) is 0 Å². The first-order valence-corrected chi connectivity index (χ1v) is 7.97. The molecule has 2 rings (SSSR count). The topological polar surface area (TPSA) is 54.4 Å². The van der Waals surface area contributed by atoms with E-state index in [0.717, 1.165) is 44.9 Å². The summed E-state index contributed by atoms with van der Waals surface area (Å²) >= 11 is 0. The molecule has 16 heavy (non-hydrogen) atoms. The highest BCUT2D eigenvalue weighted by atomic mass is 32.2. The highest BCUT2D eigenvalue weighted by Crippen LogP contribution is 2.46. The second-order valence-electron chi connectivity index (χ2n) is 5.44. The lowest BCUT2D eigenvalue weighted by Gasteiger charge is -2.42. The van der Waals surface area contributed by atoms with Gasteiger partial charge in [-0.05, 0) is 31.6 Å². The molecular weight excluding hydrogens is 224 g/mol. The van der Waals surface area contributed by atoms with Gasteiger partial charge in [-0.3, -0.25) is 4.55 Å². The summed E-state index contributed by atoms with van der Waals surface area (Å²) in [6, 6.07) is 0. The van der Waals surface area contributed by atoms with Crippen molar-refractivity contribution in [2.24, 2.45) is 5.92 Å². The van der Waals surface area contributed by atoms with Crippen molar-refractivity contribution >= 4 is 10.1 Å². The molecule has 0 aromatic carbocycles. The molecule has 0 atom stereocenters. The maximum absolute atomic E-state index is 11.8. The first-order chi connectivity index (χ1) is 7.56. The third kappa shape index (κ3) is 2.14. The van der Waals surface area contributed by atoms with Gasteiger partial charge >= 0.3 is 0 Å². The summed E-state index contributed by atoms with van der Waals surface area (Å²) < 4.78 is 32.4. The van der Waals surface area contributed by atoms with Gasteiger partial charge in [0.25, 0.3) is 10.1 Å². The van der Waals surface area contributed by atoms with Crippen molar-refractivity contribution in [3.05, 3.63) is 0 Å². The molecule has 1 N–H and O–H groups in total. The summed E-state index contributed by atoms with van der Waals surface area (Å²) in [7, 11) is -3.89. The maximum atomic E-state index is 11.8. The minimum atomic E-state index is -3.89. The molecule has 0 bridgehead atoms. The molecule has 0 radical (unpaired) electrons. The molecule has 0 aliphatic heterocycles. The van der Waals surface area contributed by atoms with E-state index in [9.17, 15) is 13.0 Å². The first kappa shape index (κ1) is 12.4. The van der Waals surface area contributed by atoms with E-state index < -0.39 is 14.9 Å². The highest BCUT2D eigenvalue weighted by Gasteiger charge is 2.49. The molecule has 0 amide bonds. The van der Waals surface area contributed by atoms with Gasteiger partial charge in [0.05, 0.1) is 0 Å². The molecule has 94 valence electrons. The Balaban J connectivity index is 2.25. The SMILES string of the molecule is O=S(=O)(O)C1(C2CCCCC2)CCCCC1. The average molecular weight is 246 g/mol. The molecule has 0 aromatic heterocycles. The van der Waals surface area contributed by atoms with E-state index in [1.807, 2.05) is 0 Å². The Bertz CT molecular complexity index is 322. The van der Waals surface area contributed by atoms with Crippen LogP contribution in [0.1, 0.15) is 64.2 Å². The molecule has 0 saturated heterocycles. The summed E-state index contributed by atoms with van der Waals surface area (Å²) in [5.74, 6) is 0.205. The molecule has 4 heteroatoms. The monoisotopic (exact) mass is 246 g/mol. The zero-order chi connectivity index (χ0) is 11.6. The summed E-state index contributed by atoms with van der Waals surface area (Å²) in [6.45, 7) is 0. The van der Waals surface area contributed by atoms with E-state index in [-0.39, 0.29) is 5.92 Å². The molecule has 0 unspecified atom stereocenters. The zero-order valence-corrected chi connectivity index (χ0v) is 10.6. The van der Waals surface area contributed by atoms with E-state index in [1.54, 1.807) is 0 Å². The summed E-state index contributed by atoms with van der Waals surface area (Å²) in [6.07, 6.45) is 9.82. The molecule has 0 spiro atoms. The average Bonchev–Trinajstić information content (AvgIpc) is 2.30. The predicted octanol–water partition coefficient (Wildman–Crippen LogP) is 3.16. The molecule has 3 nitrogen and oxygen atoms in total. The quantitative estimate of drug-likeness (QED) is 0.761. The summed E-state index contributed by atoms with van der Waals surface area (Å²) in [5.41, 5.74) is 0. The fourth-order valence-electron chi connectivity index (χ4n) is 3.66. The van der Waals surface area contributed by atoms with Crippen molar-refractivity contribution in [3.8, 4) is 0 Å². The van der Waals surface area contributed by atoms with E-state index >= 15 is 0 Å². The fraction of sp³-hybridized carbons (Fsp3) is 1.00. The molecule has 0 heterocycles. The van der Waals surface area contributed by atoms with E-state index in [1.165, 1.54) is 6.42 Å². The predicted molar refractivity (Wildman–Crippen MR) is 63.9 cm³/mol. The Morgan fingerprint density at radius 1 is 0.875 bits per heavy atom. The third-order valence-electron chi connectivity index (χ3n) is 4.56. The van der Waals surface area contributed by atoms with E-state index in [4.69, 9.17) is 0 Å². The van der Waals surface area contributed by atoms with Crippen molar-refractivity contribution in [2.75, 3.05) is 0 Å². The lowest BCUT2D eigenvalue weighted by molar-refractivity contribution is 0.204. The Labute approximate surface area is 98.4 Å². The Kier molecular flexibility index (Phi) is 3.59. The number of hydrogen-bond acceptors (Lipinski definition) is 2. The largest absolute Gasteiger partial charge is 0.285 e. The fourth-order valence-corrected chi connectivity index (χ4v) is 5.12. The van der Waals surface area contributed by atoms with Crippen molar-refractivity contribution in [3.63, 3.8) is 0 Å². The van der Waals surface area contributed by atoms with Crippen LogP contribution in [0.3, 0.4) is 0 Å². The zero-order valence-electron chi connectivity index (χ0n) is 9.82. The van der Waals surface area contributed by atoms with Crippen LogP contribution < -0.4 is 0 Å². The van der Waals surface area contributed by atoms with E-state index in [2.05, 4.69) is 0 Å². The van der Waals surface area contributed by atoms with Crippen molar-refractivity contribution in [1.29, 1.82) is 0 Å². The third-order valence-corrected chi connectivity index (χ3v) is 6.33. The smallest absolute Gasteiger partial charge is 0.270 e. The number of rotatable bonds is 2. The van der Waals surface area contributed by atoms with E-state index in [0.29, 0.717) is 12.8 Å². The van der Waals surface area contributed by atoms with Gasteiger partial charge in [-0.1, -0.05) is 38.5 Å². The van der Waals surface area contributed by atoms with Gasteiger partial charge in [-0.25, -0.2) is 0 Å². The lowest BCUT2D eigenvalue weighted by Crippen LogP contribution is -2.47.